The Kier molecular flexibility index (Phi) is 2.85. The molecule has 15 heavy (non-hydrogen) atoms. The molecule has 1 aliphatic heterocycles. The lowest BCUT2D eigenvalue weighted by Gasteiger charge is -2.26. The van der Waals surface area contributed by atoms with Gasteiger partial charge in [0.05, 0.1) is 5.56 Å². The molecule has 4 nitrogen and oxygen atoms in total. The molecule has 2 heterocycles. The number of carbonyl (C=O) groups is 2. The molecule has 1 fully saturated rings. The van der Waals surface area contributed by atoms with E-state index in [-0.39, 0.29) is 5.76 Å². The van der Waals surface area contributed by atoms with Gasteiger partial charge in [-0.2, -0.15) is 0 Å². The number of hydrogen-bond acceptors (Lipinski definition) is 4. The molecule has 4 heteroatoms. The van der Waals surface area contributed by atoms with E-state index >= 15 is 0 Å². The summed E-state index contributed by atoms with van der Waals surface area (Å²) >= 11 is 0. The van der Waals surface area contributed by atoms with Crippen molar-refractivity contribution in [3.8, 4) is 0 Å². The topological polar surface area (TPSA) is 50.5 Å². The third-order valence-corrected chi connectivity index (χ3v) is 2.65. The Morgan fingerprint density at radius 2 is 1.87 bits per heavy atom. The Bertz CT molecular complexity index is 364. The van der Waals surface area contributed by atoms with Gasteiger partial charge in [-0.15, -0.1) is 0 Å². The fraction of sp³-hybridized carbons (Fsp3) is 0.455. The van der Waals surface area contributed by atoms with Crippen LogP contribution in [0.4, 0.5) is 5.88 Å². The van der Waals surface area contributed by atoms with Gasteiger partial charge in [-0.1, -0.05) is 0 Å². The monoisotopic (exact) mass is 207 g/mol. The van der Waals surface area contributed by atoms with Gasteiger partial charge in [-0.05, 0) is 19.3 Å². The molecular formula is C11H13NO3. The van der Waals surface area contributed by atoms with Crippen molar-refractivity contribution in [1.82, 2.24) is 0 Å². The van der Waals surface area contributed by atoms with Crippen molar-refractivity contribution in [3.05, 3.63) is 17.4 Å². The van der Waals surface area contributed by atoms with E-state index in [1.54, 1.807) is 0 Å². The average molecular weight is 207 g/mol. The molecule has 1 aromatic rings. The molecule has 0 unspecified atom stereocenters. The number of aldehydes is 2. The summed E-state index contributed by atoms with van der Waals surface area (Å²) in [6.07, 6.45) is 4.79. The summed E-state index contributed by atoms with van der Waals surface area (Å²) in [7, 11) is 0. The Labute approximate surface area is 87.9 Å². The minimum atomic E-state index is 0.220. The van der Waals surface area contributed by atoms with Crippen molar-refractivity contribution in [2.75, 3.05) is 18.0 Å². The molecule has 0 aliphatic carbocycles. The fourth-order valence-electron chi connectivity index (χ4n) is 1.90. The Morgan fingerprint density at radius 3 is 2.47 bits per heavy atom. The van der Waals surface area contributed by atoms with Gasteiger partial charge in [-0.3, -0.25) is 9.59 Å². The van der Waals surface area contributed by atoms with E-state index in [1.165, 1.54) is 12.5 Å². The highest BCUT2D eigenvalue weighted by Crippen LogP contribution is 2.25. The van der Waals surface area contributed by atoms with Crippen LogP contribution in [-0.2, 0) is 0 Å². The van der Waals surface area contributed by atoms with Crippen molar-refractivity contribution >= 4 is 18.5 Å². The third kappa shape index (κ3) is 1.93. The van der Waals surface area contributed by atoms with Gasteiger partial charge in [0.25, 0.3) is 0 Å². The Balaban J connectivity index is 2.27. The van der Waals surface area contributed by atoms with Crippen molar-refractivity contribution in [1.29, 1.82) is 0 Å². The summed E-state index contributed by atoms with van der Waals surface area (Å²) in [4.78, 5) is 23.4. The highest BCUT2D eigenvalue weighted by molar-refractivity contribution is 5.86. The van der Waals surface area contributed by atoms with Crippen molar-refractivity contribution in [2.24, 2.45) is 0 Å². The van der Waals surface area contributed by atoms with Gasteiger partial charge in [0.15, 0.2) is 18.3 Å². The fourth-order valence-corrected chi connectivity index (χ4v) is 1.90. The lowest BCUT2D eigenvalue weighted by Crippen LogP contribution is -2.29. The van der Waals surface area contributed by atoms with Gasteiger partial charge in [0.1, 0.15) is 0 Å². The maximum atomic E-state index is 10.8. The molecule has 1 aliphatic rings. The van der Waals surface area contributed by atoms with Crippen LogP contribution in [0.15, 0.2) is 10.5 Å². The van der Waals surface area contributed by atoms with Crippen molar-refractivity contribution in [2.45, 2.75) is 19.3 Å². The minimum Gasteiger partial charge on any atom is -0.437 e. The molecular weight excluding hydrogens is 194 g/mol. The first-order valence-corrected chi connectivity index (χ1v) is 5.14. The summed E-state index contributed by atoms with van der Waals surface area (Å²) in [5.74, 6) is 0.768. The molecule has 0 amide bonds. The lowest BCUT2D eigenvalue weighted by atomic mass is 10.1. The number of anilines is 1. The van der Waals surface area contributed by atoms with Crippen LogP contribution in [0.1, 0.15) is 40.2 Å². The first-order chi connectivity index (χ1) is 7.35. The van der Waals surface area contributed by atoms with Crippen LogP contribution in [0.25, 0.3) is 0 Å². The molecule has 0 bridgehead atoms. The standard InChI is InChI=1S/C11H13NO3/c13-7-9-6-10(8-14)15-11(9)12-4-2-1-3-5-12/h6-8H,1-5H2. The van der Waals surface area contributed by atoms with Crippen LogP contribution in [0.5, 0.6) is 0 Å². The average Bonchev–Trinajstić information content (AvgIpc) is 2.73. The molecule has 0 N–H and O–H groups in total. The number of carbonyl (C=O) groups excluding carboxylic acids is 2. The van der Waals surface area contributed by atoms with E-state index in [0.717, 1.165) is 32.2 Å². The van der Waals surface area contributed by atoms with Crippen LogP contribution in [0, 0.1) is 0 Å². The molecule has 80 valence electrons. The van der Waals surface area contributed by atoms with Crippen LogP contribution < -0.4 is 4.90 Å². The smallest absolute Gasteiger partial charge is 0.206 e. The second-order valence-electron chi connectivity index (χ2n) is 3.69. The normalized spacial score (nSPS) is 16.4. The number of piperidine rings is 1. The van der Waals surface area contributed by atoms with Gasteiger partial charge in [-0.25, -0.2) is 0 Å². The molecule has 0 saturated carbocycles. The molecule has 1 saturated heterocycles. The molecule has 1 aromatic heterocycles. The van der Waals surface area contributed by atoms with Crippen LogP contribution in [0.2, 0.25) is 0 Å². The zero-order valence-corrected chi connectivity index (χ0v) is 8.44. The Hall–Kier alpha value is -1.58. The van der Waals surface area contributed by atoms with Gasteiger partial charge in [0, 0.05) is 19.2 Å². The number of rotatable bonds is 3. The SMILES string of the molecule is O=Cc1cc(C=O)c(N2CCCCC2)o1. The highest BCUT2D eigenvalue weighted by Gasteiger charge is 2.19. The molecule has 2 rings (SSSR count). The number of nitrogens with zero attached hydrogens (tertiary/aromatic N) is 1. The maximum absolute atomic E-state index is 10.8. The highest BCUT2D eigenvalue weighted by atomic mass is 16.4. The van der Waals surface area contributed by atoms with Gasteiger partial charge < -0.3 is 9.32 Å². The first kappa shape index (κ1) is 9.96. The molecule has 0 spiro atoms. The predicted molar refractivity (Wildman–Crippen MR) is 55.5 cm³/mol. The lowest BCUT2D eigenvalue weighted by molar-refractivity contribution is 0.109. The van der Waals surface area contributed by atoms with Gasteiger partial charge >= 0.3 is 0 Å². The maximum Gasteiger partial charge on any atom is 0.206 e. The van der Waals surface area contributed by atoms with E-state index in [9.17, 15) is 9.59 Å². The summed E-state index contributed by atoms with van der Waals surface area (Å²) in [5, 5.41) is 0. The van der Waals surface area contributed by atoms with E-state index in [4.69, 9.17) is 4.42 Å². The summed E-state index contributed by atoms with van der Waals surface area (Å²) in [6, 6.07) is 1.49. The van der Waals surface area contributed by atoms with Crippen LogP contribution in [-0.4, -0.2) is 25.7 Å². The quantitative estimate of drug-likeness (QED) is 0.710. The summed E-state index contributed by atoms with van der Waals surface area (Å²) in [5.41, 5.74) is 0.471. The number of hydrogen-bond donors (Lipinski definition) is 0. The van der Waals surface area contributed by atoms with E-state index in [2.05, 4.69) is 0 Å². The van der Waals surface area contributed by atoms with Crippen molar-refractivity contribution < 1.29 is 14.0 Å². The summed E-state index contributed by atoms with van der Waals surface area (Å²) in [6.45, 7) is 1.79. The van der Waals surface area contributed by atoms with Crippen molar-refractivity contribution in [3.63, 3.8) is 0 Å². The predicted octanol–water partition coefficient (Wildman–Crippen LogP) is 1.89. The van der Waals surface area contributed by atoms with E-state index in [0.29, 0.717) is 17.7 Å². The largest absolute Gasteiger partial charge is 0.437 e. The number of furan rings is 1. The second kappa shape index (κ2) is 4.29. The third-order valence-electron chi connectivity index (χ3n) is 2.65. The molecule has 0 radical (unpaired) electrons. The first-order valence-electron chi connectivity index (χ1n) is 5.14. The van der Waals surface area contributed by atoms with E-state index < -0.39 is 0 Å². The van der Waals surface area contributed by atoms with E-state index in [1.807, 2.05) is 4.90 Å². The summed E-state index contributed by atoms with van der Waals surface area (Å²) < 4.78 is 5.32. The zero-order chi connectivity index (χ0) is 10.7. The van der Waals surface area contributed by atoms with Crippen LogP contribution >= 0.6 is 0 Å². The zero-order valence-electron chi connectivity index (χ0n) is 8.44. The Morgan fingerprint density at radius 1 is 1.13 bits per heavy atom. The van der Waals surface area contributed by atoms with Gasteiger partial charge in [0.2, 0.25) is 5.88 Å². The van der Waals surface area contributed by atoms with Crippen LogP contribution in [0.3, 0.4) is 0 Å². The minimum absolute atomic E-state index is 0.220. The second-order valence-corrected chi connectivity index (χ2v) is 3.69. The molecule has 0 atom stereocenters. The molecule has 0 aromatic carbocycles.